The van der Waals surface area contributed by atoms with Crippen LogP contribution in [0.4, 0.5) is 0 Å². The maximum atomic E-state index is 12.1. The van der Waals surface area contributed by atoms with Crippen molar-refractivity contribution in [1.82, 2.24) is 5.32 Å². The molecule has 0 aromatic heterocycles. The highest BCUT2D eigenvalue weighted by Crippen LogP contribution is 2.28. The van der Waals surface area contributed by atoms with E-state index in [0.29, 0.717) is 23.4 Å². The van der Waals surface area contributed by atoms with Crippen LogP contribution in [0.5, 0.6) is 0 Å². The summed E-state index contributed by atoms with van der Waals surface area (Å²) in [4.78, 5) is 12.1. The second-order valence-corrected chi connectivity index (χ2v) is 6.30. The Bertz CT molecular complexity index is 701. The van der Waals surface area contributed by atoms with E-state index < -0.39 is 5.60 Å². The Morgan fingerprint density at radius 2 is 1.95 bits per heavy atom. The van der Waals surface area contributed by atoms with Gasteiger partial charge in [0.05, 0.1) is 5.60 Å². The van der Waals surface area contributed by atoms with Crippen molar-refractivity contribution >= 4 is 17.5 Å². The number of amides is 1. The van der Waals surface area contributed by atoms with E-state index in [4.69, 9.17) is 11.6 Å². The smallest absolute Gasteiger partial charge is 0.251 e. The van der Waals surface area contributed by atoms with Gasteiger partial charge in [-0.05, 0) is 42.2 Å². The number of aliphatic hydroxyl groups is 1. The summed E-state index contributed by atoms with van der Waals surface area (Å²) in [5.74, 6) is -0.213. The first-order chi connectivity index (χ1) is 10.6. The number of aryl methyl sites for hydroxylation is 1. The van der Waals surface area contributed by atoms with Crippen molar-refractivity contribution in [3.8, 4) is 0 Å². The van der Waals surface area contributed by atoms with Gasteiger partial charge in [0.25, 0.3) is 5.91 Å². The molecule has 1 aliphatic rings. The van der Waals surface area contributed by atoms with E-state index in [-0.39, 0.29) is 12.5 Å². The lowest BCUT2D eigenvalue weighted by Gasteiger charge is -2.33. The molecule has 22 heavy (non-hydrogen) atoms. The average Bonchev–Trinajstić information content (AvgIpc) is 2.52. The van der Waals surface area contributed by atoms with Crippen LogP contribution in [0, 0.1) is 0 Å². The van der Waals surface area contributed by atoms with E-state index in [9.17, 15) is 9.90 Å². The van der Waals surface area contributed by atoms with Crippen LogP contribution in [-0.4, -0.2) is 23.2 Å². The lowest BCUT2D eigenvalue weighted by atomic mass is 9.80. The number of carbonyl (C=O) groups excluding carboxylic acids is 1. The van der Waals surface area contributed by atoms with Gasteiger partial charge < -0.3 is 10.4 Å². The zero-order valence-electron chi connectivity index (χ0n) is 12.2. The van der Waals surface area contributed by atoms with Crippen molar-refractivity contribution in [2.24, 2.45) is 0 Å². The molecule has 0 spiro atoms. The van der Waals surface area contributed by atoms with Gasteiger partial charge >= 0.3 is 0 Å². The number of halogens is 1. The van der Waals surface area contributed by atoms with Crippen molar-refractivity contribution in [1.29, 1.82) is 0 Å². The van der Waals surface area contributed by atoms with Crippen molar-refractivity contribution < 1.29 is 9.90 Å². The third kappa shape index (κ3) is 3.32. The maximum Gasteiger partial charge on any atom is 0.251 e. The Kier molecular flexibility index (Phi) is 4.19. The van der Waals surface area contributed by atoms with Gasteiger partial charge in [0.15, 0.2) is 0 Å². The Hall–Kier alpha value is -1.84. The Balaban J connectivity index is 1.65. The standard InChI is InChI=1S/C18H18ClNO2/c19-16-7-3-6-14(10-16)17(21)20-12-18(22)9-8-13-4-1-2-5-15(13)11-18/h1-7,10,22H,8-9,11-12H2,(H,20,21). The van der Waals surface area contributed by atoms with Gasteiger partial charge in [-0.2, -0.15) is 0 Å². The molecule has 3 nitrogen and oxygen atoms in total. The second-order valence-electron chi connectivity index (χ2n) is 5.86. The molecule has 0 fully saturated rings. The normalized spacial score (nSPS) is 20.3. The summed E-state index contributed by atoms with van der Waals surface area (Å²) in [6.07, 6.45) is 2.05. The molecular formula is C18H18ClNO2. The number of nitrogens with one attached hydrogen (secondary N) is 1. The van der Waals surface area contributed by atoms with E-state index in [1.807, 2.05) is 18.2 Å². The summed E-state index contributed by atoms with van der Waals surface area (Å²) >= 11 is 5.89. The molecular weight excluding hydrogens is 298 g/mol. The summed E-state index contributed by atoms with van der Waals surface area (Å²) in [6.45, 7) is 0.243. The molecule has 1 aliphatic carbocycles. The first-order valence-corrected chi connectivity index (χ1v) is 7.76. The Labute approximate surface area is 134 Å². The van der Waals surface area contributed by atoms with Crippen molar-refractivity contribution in [2.45, 2.75) is 24.9 Å². The lowest BCUT2D eigenvalue weighted by Crippen LogP contribution is -2.46. The fourth-order valence-electron chi connectivity index (χ4n) is 2.91. The van der Waals surface area contributed by atoms with Gasteiger partial charge in [-0.25, -0.2) is 0 Å². The van der Waals surface area contributed by atoms with Crippen LogP contribution in [0.1, 0.15) is 27.9 Å². The van der Waals surface area contributed by atoms with E-state index in [2.05, 4.69) is 11.4 Å². The minimum atomic E-state index is -0.886. The van der Waals surface area contributed by atoms with E-state index in [1.54, 1.807) is 24.3 Å². The number of carbonyl (C=O) groups is 1. The largest absolute Gasteiger partial charge is 0.388 e. The maximum absolute atomic E-state index is 12.1. The van der Waals surface area contributed by atoms with Crippen LogP contribution < -0.4 is 5.32 Å². The predicted octanol–water partition coefficient (Wildman–Crippen LogP) is 2.99. The number of rotatable bonds is 3. The van der Waals surface area contributed by atoms with Gasteiger partial charge in [0.1, 0.15) is 0 Å². The molecule has 0 heterocycles. The monoisotopic (exact) mass is 315 g/mol. The number of hydrogen-bond donors (Lipinski definition) is 2. The predicted molar refractivity (Wildman–Crippen MR) is 87.2 cm³/mol. The molecule has 2 aromatic rings. The molecule has 2 aromatic carbocycles. The molecule has 0 radical (unpaired) electrons. The summed E-state index contributed by atoms with van der Waals surface area (Å²) < 4.78 is 0. The quantitative estimate of drug-likeness (QED) is 0.915. The lowest BCUT2D eigenvalue weighted by molar-refractivity contribution is 0.0260. The molecule has 2 N–H and O–H groups in total. The highest BCUT2D eigenvalue weighted by molar-refractivity contribution is 6.30. The minimum absolute atomic E-state index is 0.213. The summed E-state index contributed by atoms with van der Waals surface area (Å²) in [6, 6.07) is 14.9. The van der Waals surface area contributed by atoms with Crippen molar-refractivity contribution in [2.75, 3.05) is 6.54 Å². The summed E-state index contributed by atoms with van der Waals surface area (Å²) in [7, 11) is 0. The highest BCUT2D eigenvalue weighted by Gasteiger charge is 2.32. The first kappa shape index (κ1) is 15.1. The number of benzene rings is 2. The fraction of sp³-hybridized carbons (Fsp3) is 0.278. The third-order valence-corrected chi connectivity index (χ3v) is 4.40. The van der Waals surface area contributed by atoms with Crippen LogP contribution in [0.3, 0.4) is 0 Å². The van der Waals surface area contributed by atoms with Gasteiger partial charge in [-0.15, -0.1) is 0 Å². The molecule has 0 bridgehead atoms. The minimum Gasteiger partial charge on any atom is -0.388 e. The van der Waals surface area contributed by atoms with Crippen LogP contribution in [0.15, 0.2) is 48.5 Å². The number of hydrogen-bond acceptors (Lipinski definition) is 2. The van der Waals surface area contributed by atoms with Crippen LogP contribution in [0.25, 0.3) is 0 Å². The summed E-state index contributed by atoms with van der Waals surface area (Å²) in [5.41, 5.74) is 2.07. The molecule has 0 aliphatic heterocycles. The molecule has 0 saturated carbocycles. The molecule has 1 unspecified atom stereocenters. The van der Waals surface area contributed by atoms with Crippen LogP contribution >= 0.6 is 11.6 Å². The van der Waals surface area contributed by atoms with Gasteiger partial charge in [-0.1, -0.05) is 41.9 Å². The first-order valence-electron chi connectivity index (χ1n) is 7.39. The zero-order valence-corrected chi connectivity index (χ0v) is 12.9. The Morgan fingerprint density at radius 3 is 2.73 bits per heavy atom. The van der Waals surface area contributed by atoms with Crippen molar-refractivity contribution in [3.05, 3.63) is 70.2 Å². The second kappa shape index (κ2) is 6.11. The average molecular weight is 316 g/mol. The van der Waals surface area contributed by atoms with Crippen LogP contribution in [0.2, 0.25) is 5.02 Å². The molecule has 1 atom stereocenters. The van der Waals surface area contributed by atoms with Crippen molar-refractivity contribution in [3.63, 3.8) is 0 Å². The molecule has 4 heteroatoms. The zero-order chi connectivity index (χ0) is 15.6. The van der Waals surface area contributed by atoms with Gasteiger partial charge in [-0.3, -0.25) is 4.79 Å². The summed E-state index contributed by atoms with van der Waals surface area (Å²) in [5, 5.41) is 14.1. The van der Waals surface area contributed by atoms with Crippen LogP contribution in [-0.2, 0) is 12.8 Å². The molecule has 1 amide bonds. The molecule has 0 saturated heterocycles. The van der Waals surface area contributed by atoms with Gasteiger partial charge in [0.2, 0.25) is 0 Å². The fourth-order valence-corrected chi connectivity index (χ4v) is 3.10. The molecule has 3 rings (SSSR count). The third-order valence-electron chi connectivity index (χ3n) is 4.16. The Morgan fingerprint density at radius 1 is 1.18 bits per heavy atom. The van der Waals surface area contributed by atoms with Gasteiger partial charge in [0, 0.05) is 23.6 Å². The van der Waals surface area contributed by atoms with E-state index in [0.717, 1.165) is 12.0 Å². The van der Waals surface area contributed by atoms with E-state index in [1.165, 1.54) is 5.56 Å². The topological polar surface area (TPSA) is 49.3 Å². The number of fused-ring (bicyclic) bond motifs is 1. The van der Waals surface area contributed by atoms with E-state index >= 15 is 0 Å². The molecule has 114 valence electrons. The SMILES string of the molecule is O=C(NCC1(O)CCc2ccccc2C1)c1cccc(Cl)c1. The highest BCUT2D eigenvalue weighted by atomic mass is 35.5.